The third kappa shape index (κ3) is 4.60. The van der Waals surface area contributed by atoms with Crippen molar-refractivity contribution >= 4 is 11.6 Å². The van der Waals surface area contributed by atoms with E-state index >= 15 is 0 Å². The van der Waals surface area contributed by atoms with Crippen molar-refractivity contribution in [3.05, 3.63) is 76.7 Å². The van der Waals surface area contributed by atoms with Gasteiger partial charge in [0.1, 0.15) is 18.1 Å². The summed E-state index contributed by atoms with van der Waals surface area (Å²) in [7, 11) is 0. The van der Waals surface area contributed by atoms with Crippen LogP contribution >= 0.6 is 0 Å². The van der Waals surface area contributed by atoms with Crippen molar-refractivity contribution < 1.29 is 14.1 Å². The van der Waals surface area contributed by atoms with E-state index in [9.17, 15) is 4.79 Å². The third-order valence-electron chi connectivity index (χ3n) is 4.75. The average molecular weight is 378 g/mol. The van der Waals surface area contributed by atoms with Crippen molar-refractivity contribution in [1.82, 2.24) is 5.16 Å². The number of aromatic nitrogens is 1. The van der Waals surface area contributed by atoms with E-state index in [1.54, 1.807) is 6.92 Å². The first-order valence-corrected chi connectivity index (χ1v) is 9.56. The van der Waals surface area contributed by atoms with Gasteiger partial charge in [0.05, 0.1) is 5.56 Å². The van der Waals surface area contributed by atoms with Gasteiger partial charge in [-0.3, -0.25) is 4.79 Å². The van der Waals surface area contributed by atoms with Crippen molar-refractivity contribution in [2.24, 2.45) is 0 Å². The normalized spacial score (nSPS) is 10.9. The van der Waals surface area contributed by atoms with Gasteiger partial charge in [0.25, 0.3) is 5.91 Å². The van der Waals surface area contributed by atoms with Crippen LogP contribution < -0.4 is 10.1 Å². The van der Waals surface area contributed by atoms with E-state index in [1.807, 2.05) is 48.5 Å². The molecule has 2 aromatic carbocycles. The summed E-state index contributed by atoms with van der Waals surface area (Å²) in [4.78, 5) is 12.7. The lowest BCUT2D eigenvalue weighted by molar-refractivity contribution is 0.101. The number of nitrogens with zero attached hydrogens (tertiary/aromatic N) is 1. The highest BCUT2D eigenvalue weighted by molar-refractivity contribution is 6.03. The van der Waals surface area contributed by atoms with Gasteiger partial charge in [-0.15, -0.1) is 0 Å². The number of ether oxygens (including phenoxy) is 1. The van der Waals surface area contributed by atoms with E-state index < -0.39 is 0 Å². The summed E-state index contributed by atoms with van der Waals surface area (Å²) < 4.78 is 11.1. The van der Waals surface area contributed by atoms with Gasteiger partial charge in [0, 0.05) is 5.69 Å². The SMILES string of the molecule is CCc1ccc(OCc2c(C(=O)Nc3ccc(C(C)C)cc3)noc2C)cc1. The molecule has 0 aliphatic carbocycles. The molecule has 0 saturated heterocycles. The van der Waals surface area contributed by atoms with Crippen LogP contribution in [0.4, 0.5) is 5.69 Å². The number of aryl methyl sites for hydroxylation is 2. The van der Waals surface area contributed by atoms with Gasteiger partial charge in [0.2, 0.25) is 0 Å². The van der Waals surface area contributed by atoms with Gasteiger partial charge in [0.15, 0.2) is 5.69 Å². The molecule has 0 fully saturated rings. The first-order valence-electron chi connectivity index (χ1n) is 9.56. The number of nitrogens with one attached hydrogen (secondary N) is 1. The van der Waals surface area contributed by atoms with Crippen molar-refractivity contribution in [2.75, 3.05) is 5.32 Å². The molecule has 0 unspecified atom stereocenters. The van der Waals surface area contributed by atoms with Gasteiger partial charge in [-0.05, 0) is 54.7 Å². The van der Waals surface area contributed by atoms with Crippen LogP contribution in [0.15, 0.2) is 53.1 Å². The Morgan fingerprint density at radius 1 is 1.11 bits per heavy atom. The first-order chi connectivity index (χ1) is 13.5. The lowest BCUT2D eigenvalue weighted by Crippen LogP contribution is -2.15. The molecule has 0 radical (unpaired) electrons. The summed E-state index contributed by atoms with van der Waals surface area (Å²) in [5, 5.41) is 6.80. The minimum Gasteiger partial charge on any atom is -0.489 e. The predicted octanol–water partition coefficient (Wildman–Crippen LogP) is 5.50. The number of hydrogen-bond donors (Lipinski definition) is 1. The van der Waals surface area contributed by atoms with Crippen molar-refractivity contribution in [3.8, 4) is 5.75 Å². The van der Waals surface area contributed by atoms with E-state index in [-0.39, 0.29) is 18.2 Å². The van der Waals surface area contributed by atoms with Crippen LogP contribution in [0.5, 0.6) is 5.75 Å². The largest absolute Gasteiger partial charge is 0.489 e. The van der Waals surface area contributed by atoms with Gasteiger partial charge in [-0.1, -0.05) is 50.2 Å². The third-order valence-corrected chi connectivity index (χ3v) is 4.75. The van der Waals surface area contributed by atoms with E-state index in [0.717, 1.165) is 17.9 Å². The molecular weight excluding hydrogens is 352 g/mol. The Hall–Kier alpha value is -3.08. The Kier molecular flexibility index (Phi) is 6.14. The quantitative estimate of drug-likeness (QED) is 0.589. The highest BCUT2D eigenvalue weighted by Crippen LogP contribution is 2.21. The number of benzene rings is 2. The lowest BCUT2D eigenvalue weighted by Gasteiger charge is -2.09. The Bertz CT molecular complexity index is 925. The summed E-state index contributed by atoms with van der Waals surface area (Å²) in [6, 6.07) is 15.7. The lowest BCUT2D eigenvalue weighted by atomic mass is 10.0. The minimum atomic E-state index is -0.311. The van der Waals surface area contributed by atoms with Gasteiger partial charge in [-0.25, -0.2) is 0 Å². The molecule has 3 rings (SSSR count). The van der Waals surface area contributed by atoms with E-state index in [4.69, 9.17) is 9.26 Å². The Morgan fingerprint density at radius 3 is 2.39 bits per heavy atom. The predicted molar refractivity (Wildman–Crippen MR) is 110 cm³/mol. The maximum atomic E-state index is 12.7. The molecule has 0 atom stereocenters. The second kappa shape index (κ2) is 8.74. The fraction of sp³-hybridized carbons (Fsp3) is 0.304. The zero-order valence-electron chi connectivity index (χ0n) is 16.8. The molecule has 146 valence electrons. The average Bonchev–Trinajstić information content (AvgIpc) is 3.07. The number of carbonyl (C=O) groups excluding carboxylic acids is 1. The maximum Gasteiger partial charge on any atom is 0.278 e. The zero-order chi connectivity index (χ0) is 20.1. The summed E-state index contributed by atoms with van der Waals surface area (Å²) in [6.07, 6.45) is 0.980. The molecule has 0 aliphatic heterocycles. The Balaban J connectivity index is 1.69. The van der Waals surface area contributed by atoms with Crippen LogP contribution in [0.1, 0.15) is 59.6 Å². The van der Waals surface area contributed by atoms with Crippen molar-refractivity contribution in [2.45, 2.75) is 46.6 Å². The van der Waals surface area contributed by atoms with Crippen LogP contribution in [0, 0.1) is 6.92 Å². The van der Waals surface area contributed by atoms with Crippen LogP contribution in [0.3, 0.4) is 0 Å². The summed E-state index contributed by atoms with van der Waals surface area (Å²) >= 11 is 0. The molecule has 5 heteroatoms. The van der Waals surface area contributed by atoms with Crippen LogP contribution in [-0.4, -0.2) is 11.1 Å². The van der Waals surface area contributed by atoms with E-state index in [2.05, 4.69) is 31.2 Å². The highest BCUT2D eigenvalue weighted by atomic mass is 16.5. The summed E-state index contributed by atoms with van der Waals surface area (Å²) in [5.41, 5.74) is 4.08. The van der Waals surface area contributed by atoms with Crippen molar-refractivity contribution in [3.63, 3.8) is 0 Å². The van der Waals surface area contributed by atoms with Crippen LogP contribution in [0.2, 0.25) is 0 Å². The molecule has 1 aromatic heterocycles. The molecule has 28 heavy (non-hydrogen) atoms. The topological polar surface area (TPSA) is 64.4 Å². The van der Waals surface area contributed by atoms with E-state index in [1.165, 1.54) is 11.1 Å². The molecule has 5 nitrogen and oxygen atoms in total. The molecule has 1 N–H and O–H groups in total. The number of hydrogen-bond acceptors (Lipinski definition) is 4. The van der Waals surface area contributed by atoms with Gasteiger partial charge < -0.3 is 14.6 Å². The van der Waals surface area contributed by atoms with Crippen LogP contribution in [0.25, 0.3) is 0 Å². The molecule has 3 aromatic rings. The number of anilines is 1. The molecule has 0 bridgehead atoms. The molecular formula is C23H26N2O3. The molecule has 0 saturated carbocycles. The monoisotopic (exact) mass is 378 g/mol. The minimum absolute atomic E-state index is 0.218. The second-order valence-corrected chi connectivity index (χ2v) is 7.08. The molecule has 1 heterocycles. The number of rotatable bonds is 7. The first kappa shape index (κ1) is 19.7. The standard InChI is InChI=1S/C23H26N2O3/c1-5-17-6-12-20(13-7-17)27-14-21-16(4)28-25-22(21)23(26)24-19-10-8-18(9-11-19)15(2)3/h6-13,15H,5,14H2,1-4H3,(H,24,26). The zero-order valence-corrected chi connectivity index (χ0v) is 16.8. The highest BCUT2D eigenvalue weighted by Gasteiger charge is 2.20. The molecule has 0 spiro atoms. The maximum absolute atomic E-state index is 12.7. The number of carbonyl (C=O) groups is 1. The molecule has 1 amide bonds. The van der Waals surface area contributed by atoms with Crippen LogP contribution in [-0.2, 0) is 13.0 Å². The smallest absolute Gasteiger partial charge is 0.278 e. The number of amides is 1. The second-order valence-electron chi connectivity index (χ2n) is 7.08. The Labute approximate surface area is 165 Å². The van der Waals surface area contributed by atoms with Gasteiger partial charge >= 0.3 is 0 Å². The summed E-state index contributed by atoms with van der Waals surface area (Å²) in [6.45, 7) is 8.37. The summed E-state index contributed by atoms with van der Waals surface area (Å²) in [5.74, 6) is 1.45. The molecule has 0 aliphatic rings. The van der Waals surface area contributed by atoms with Gasteiger partial charge in [-0.2, -0.15) is 0 Å². The fourth-order valence-corrected chi connectivity index (χ4v) is 2.86. The van der Waals surface area contributed by atoms with E-state index in [0.29, 0.717) is 17.2 Å². The fourth-order valence-electron chi connectivity index (χ4n) is 2.86. The Morgan fingerprint density at radius 2 is 1.79 bits per heavy atom. The van der Waals surface area contributed by atoms with Crippen molar-refractivity contribution in [1.29, 1.82) is 0 Å².